The molecule has 0 saturated carbocycles. The highest BCUT2D eigenvalue weighted by Gasteiger charge is 2.28. The standard InChI is InChI=1S/C13H18ClN3O4/c1-8-15-11(13(19)20-2)10(14)12(16-8)17-4-6-21-7-9(17)3-5-18/h9,18H,3-7H2,1-2H3. The number of aliphatic hydroxyl groups excluding tert-OH is 1. The summed E-state index contributed by atoms with van der Waals surface area (Å²) in [5, 5.41) is 9.33. The van der Waals surface area contributed by atoms with Crippen LogP contribution in [-0.4, -0.2) is 60.6 Å². The van der Waals surface area contributed by atoms with Gasteiger partial charge in [-0.3, -0.25) is 0 Å². The third kappa shape index (κ3) is 3.42. The normalized spacial score (nSPS) is 18.7. The Bertz CT molecular complexity index is 524. The van der Waals surface area contributed by atoms with Crippen molar-refractivity contribution in [3.8, 4) is 0 Å². The number of anilines is 1. The summed E-state index contributed by atoms with van der Waals surface area (Å²) in [6.45, 7) is 3.33. The van der Waals surface area contributed by atoms with Gasteiger partial charge in [0.15, 0.2) is 11.5 Å². The number of ether oxygens (including phenoxy) is 2. The Hall–Kier alpha value is -1.44. The Labute approximate surface area is 127 Å². The van der Waals surface area contributed by atoms with Crippen molar-refractivity contribution in [2.45, 2.75) is 19.4 Å². The number of hydrogen-bond donors (Lipinski definition) is 1. The van der Waals surface area contributed by atoms with E-state index in [1.807, 2.05) is 4.90 Å². The molecule has 0 amide bonds. The third-order valence-electron chi connectivity index (χ3n) is 3.29. The van der Waals surface area contributed by atoms with Crippen LogP contribution < -0.4 is 4.90 Å². The van der Waals surface area contributed by atoms with E-state index in [9.17, 15) is 4.79 Å². The first-order valence-electron chi connectivity index (χ1n) is 6.66. The predicted octanol–water partition coefficient (Wildman–Crippen LogP) is 0.813. The second-order valence-corrected chi connectivity index (χ2v) is 5.06. The molecule has 1 fully saturated rings. The van der Waals surface area contributed by atoms with E-state index in [0.717, 1.165) is 0 Å². The van der Waals surface area contributed by atoms with Crippen LogP contribution in [0.5, 0.6) is 0 Å². The van der Waals surface area contributed by atoms with E-state index in [2.05, 4.69) is 9.97 Å². The number of carbonyl (C=O) groups is 1. The molecular weight excluding hydrogens is 298 g/mol. The monoisotopic (exact) mass is 315 g/mol. The molecule has 2 rings (SSSR count). The first-order chi connectivity index (χ1) is 10.1. The first kappa shape index (κ1) is 15.9. The molecule has 1 aliphatic heterocycles. The highest BCUT2D eigenvalue weighted by Crippen LogP contribution is 2.30. The lowest BCUT2D eigenvalue weighted by Gasteiger charge is -2.36. The fourth-order valence-corrected chi connectivity index (χ4v) is 2.56. The molecule has 1 atom stereocenters. The Balaban J connectivity index is 2.41. The van der Waals surface area contributed by atoms with E-state index < -0.39 is 5.97 Å². The van der Waals surface area contributed by atoms with E-state index in [0.29, 0.717) is 37.8 Å². The topological polar surface area (TPSA) is 84.8 Å². The molecule has 2 heterocycles. The van der Waals surface area contributed by atoms with Crippen LogP contribution in [0.4, 0.5) is 5.82 Å². The van der Waals surface area contributed by atoms with Crippen molar-refractivity contribution in [2.24, 2.45) is 0 Å². The minimum Gasteiger partial charge on any atom is -0.464 e. The van der Waals surface area contributed by atoms with Gasteiger partial charge in [-0.1, -0.05) is 11.6 Å². The number of methoxy groups -OCH3 is 1. The van der Waals surface area contributed by atoms with Gasteiger partial charge in [0.05, 0.1) is 26.4 Å². The minimum absolute atomic E-state index is 0.0378. The van der Waals surface area contributed by atoms with Crippen LogP contribution >= 0.6 is 11.6 Å². The molecule has 1 aliphatic rings. The van der Waals surface area contributed by atoms with Gasteiger partial charge >= 0.3 is 5.97 Å². The lowest BCUT2D eigenvalue weighted by atomic mass is 10.1. The summed E-state index contributed by atoms with van der Waals surface area (Å²) in [5.41, 5.74) is 0.0518. The fourth-order valence-electron chi connectivity index (χ4n) is 2.29. The summed E-state index contributed by atoms with van der Waals surface area (Å²) in [6.07, 6.45) is 0.535. The maximum atomic E-state index is 11.7. The Morgan fingerprint density at radius 3 is 3.00 bits per heavy atom. The SMILES string of the molecule is COC(=O)c1nc(C)nc(N2CCOCC2CCO)c1Cl. The summed E-state index contributed by atoms with van der Waals surface area (Å²) < 4.78 is 10.1. The number of aliphatic hydroxyl groups is 1. The van der Waals surface area contributed by atoms with Crippen LogP contribution in [0.1, 0.15) is 22.7 Å². The Kier molecular flexibility index (Phi) is 5.33. The average Bonchev–Trinajstić information content (AvgIpc) is 2.49. The van der Waals surface area contributed by atoms with Crippen LogP contribution in [-0.2, 0) is 9.47 Å². The van der Waals surface area contributed by atoms with Gasteiger partial charge in [-0.25, -0.2) is 14.8 Å². The summed E-state index contributed by atoms with van der Waals surface area (Å²) in [4.78, 5) is 22.1. The predicted molar refractivity (Wildman–Crippen MR) is 76.8 cm³/mol. The van der Waals surface area contributed by atoms with E-state index >= 15 is 0 Å². The Morgan fingerprint density at radius 1 is 1.57 bits per heavy atom. The van der Waals surface area contributed by atoms with E-state index in [1.54, 1.807) is 6.92 Å². The van der Waals surface area contributed by atoms with Gasteiger partial charge in [0.25, 0.3) is 0 Å². The smallest absolute Gasteiger partial charge is 0.358 e. The van der Waals surface area contributed by atoms with Gasteiger partial charge in [0, 0.05) is 13.2 Å². The molecule has 0 aromatic carbocycles. The maximum absolute atomic E-state index is 11.7. The molecule has 1 aromatic rings. The zero-order valence-electron chi connectivity index (χ0n) is 12.0. The maximum Gasteiger partial charge on any atom is 0.358 e. The van der Waals surface area contributed by atoms with Gasteiger partial charge < -0.3 is 19.5 Å². The number of carbonyl (C=O) groups excluding carboxylic acids is 1. The molecule has 0 bridgehead atoms. The summed E-state index contributed by atoms with van der Waals surface area (Å²) in [5.74, 6) is 0.314. The van der Waals surface area contributed by atoms with E-state index in [1.165, 1.54) is 7.11 Å². The van der Waals surface area contributed by atoms with Gasteiger partial charge in [0.2, 0.25) is 0 Å². The van der Waals surface area contributed by atoms with Crippen LogP contribution in [0.25, 0.3) is 0 Å². The van der Waals surface area contributed by atoms with Crippen molar-refractivity contribution in [1.82, 2.24) is 9.97 Å². The highest BCUT2D eigenvalue weighted by atomic mass is 35.5. The molecule has 0 radical (unpaired) electrons. The average molecular weight is 316 g/mol. The summed E-state index contributed by atoms with van der Waals surface area (Å²) in [7, 11) is 1.28. The number of halogens is 1. The van der Waals surface area contributed by atoms with Crippen molar-refractivity contribution in [3.63, 3.8) is 0 Å². The van der Waals surface area contributed by atoms with Crippen LogP contribution in [0.3, 0.4) is 0 Å². The quantitative estimate of drug-likeness (QED) is 0.823. The van der Waals surface area contributed by atoms with E-state index in [-0.39, 0.29) is 23.4 Å². The zero-order valence-corrected chi connectivity index (χ0v) is 12.8. The summed E-state index contributed by atoms with van der Waals surface area (Å²) in [6, 6.07) is -0.0407. The number of aromatic nitrogens is 2. The molecule has 8 heteroatoms. The van der Waals surface area contributed by atoms with Crippen LogP contribution in [0.15, 0.2) is 0 Å². The lowest BCUT2D eigenvalue weighted by molar-refractivity contribution is 0.0593. The lowest BCUT2D eigenvalue weighted by Crippen LogP contribution is -2.46. The van der Waals surface area contributed by atoms with Gasteiger partial charge in [0.1, 0.15) is 10.8 Å². The van der Waals surface area contributed by atoms with E-state index in [4.69, 9.17) is 26.2 Å². The number of aryl methyl sites for hydroxylation is 1. The molecule has 0 spiro atoms. The fraction of sp³-hybridized carbons (Fsp3) is 0.615. The minimum atomic E-state index is -0.598. The van der Waals surface area contributed by atoms with Crippen molar-refractivity contribution in [2.75, 3.05) is 38.4 Å². The van der Waals surface area contributed by atoms with Gasteiger partial charge in [-0.05, 0) is 13.3 Å². The molecule has 0 aliphatic carbocycles. The van der Waals surface area contributed by atoms with Crippen molar-refractivity contribution < 1.29 is 19.4 Å². The molecule has 116 valence electrons. The molecule has 1 N–H and O–H groups in total. The molecular formula is C13H18ClN3O4. The molecule has 1 unspecified atom stereocenters. The molecule has 1 saturated heterocycles. The zero-order chi connectivity index (χ0) is 15.4. The van der Waals surface area contributed by atoms with Crippen LogP contribution in [0, 0.1) is 6.92 Å². The van der Waals surface area contributed by atoms with Crippen molar-refractivity contribution in [1.29, 1.82) is 0 Å². The van der Waals surface area contributed by atoms with Crippen LogP contribution in [0.2, 0.25) is 5.02 Å². The van der Waals surface area contributed by atoms with Gasteiger partial charge in [-0.15, -0.1) is 0 Å². The van der Waals surface area contributed by atoms with Crippen molar-refractivity contribution in [3.05, 3.63) is 16.5 Å². The third-order valence-corrected chi connectivity index (χ3v) is 3.63. The van der Waals surface area contributed by atoms with Crippen molar-refractivity contribution >= 4 is 23.4 Å². The second kappa shape index (κ2) is 7.02. The largest absolute Gasteiger partial charge is 0.464 e. The second-order valence-electron chi connectivity index (χ2n) is 4.68. The molecule has 21 heavy (non-hydrogen) atoms. The number of hydrogen-bond acceptors (Lipinski definition) is 7. The summed E-state index contributed by atoms with van der Waals surface area (Å²) >= 11 is 6.28. The Morgan fingerprint density at radius 2 is 2.33 bits per heavy atom. The molecule has 1 aromatic heterocycles. The number of nitrogens with zero attached hydrogens (tertiary/aromatic N) is 3. The number of rotatable bonds is 4. The first-order valence-corrected chi connectivity index (χ1v) is 7.04. The number of morpholine rings is 1. The number of esters is 1. The molecule has 7 nitrogen and oxygen atoms in total. The van der Waals surface area contributed by atoms with Gasteiger partial charge in [-0.2, -0.15) is 0 Å². The highest BCUT2D eigenvalue weighted by molar-refractivity contribution is 6.35.